The summed E-state index contributed by atoms with van der Waals surface area (Å²) < 4.78 is 32.7. The van der Waals surface area contributed by atoms with Crippen molar-refractivity contribution in [1.29, 1.82) is 0 Å². The number of nitrogens with zero attached hydrogens (tertiary/aromatic N) is 5. The van der Waals surface area contributed by atoms with Crippen LogP contribution in [-0.2, 0) is 14.9 Å². The van der Waals surface area contributed by atoms with Gasteiger partial charge in [0.2, 0.25) is 5.95 Å². The summed E-state index contributed by atoms with van der Waals surface area (Å²) in [5.41, 5.74) is 3.48. The number of amides is 1. The molecule has 262 valence electrons. The summed E-state index contributed by atoms with van der Waals surface area (Å²) in [5, 5.41) is 5.86. The molecule has 0 radical (unpaired) electrons. The summed E-state index contributed by atoms with van der Waals surface area (Å²) in [7, 11) is -4.39. The Labute approximate surface area is 286 Å². The molecule has 2 N–H and O–H groups in total. The molecule has 0 atom stereocenters. The van der Waals surface area contributed by atoms with E-state index >= 15 is 0 Å². The molecule has 3 aromatic rings. The lowest BCUT2D eigenvalue weighted by Crippen LogP contribution is -2.28. The topological polar surface area (TPSA) is 131 Å². The van der Waals surface area contributed by atoms with E-state index in [0.717, 1.165) is 38.0 Å². The summed E-state index contributed by atoms with van der Waals surface area (Å²) in [6, 6.07) is 11.9. The van der Waals surface area contributed by atoms with Crippen molar-refractivity contribution in [3.05, 3.63) is 42.5 Å². The predicted molar refractivity (Wildman–Crippen MR) is 197 cm³/mol. The van der Waals surface area contributed by atoms with Gasteiger partial charge in [-0.15, -0.1) is 0 Å². The number of aliphatic imine (C=N–C) groups is 1. The normalized spacial score (nSPS) is 14.4. The number of hydrogen-bond acceptors (Lipinski definition) is 7. The smallest absolute Gasteiger partial charge is 0.301 e. The number of H-pyrrole nitrogens is 1. The zero-order chi connectivity index (χ0) is 34.4. The van der Waals surface area contributed by atoms with Gasteiger partial charge in [0.05, 0.1) is 27.3 Å². The highest BCUT2D eigenvalue weighted by Crippen LogP contribution is 2.27. The third kappa shape index (κ3) is 10.7. The first-order chi connectivity index (χ1) is 23.2. The number of nitrogens with one attached hydrogen (secondary N) is 1. The van der Waals surface area contributed by atoms with Crippen LogP contribution in [0.1, 0.15) is 124 Å². The Hall–Kier alpha value is -3.57. The molecule has 1 aliphatic heterocycles. The second-order valence-electron chi connectivity index (χ2n) is 12.7. The summed E-state index contributed by atoms with van der Waals surface area (Å²) in [6.07, 6.45) is 19.8. The van der Waals surface area contributed by atoms with Crippen LogP contribution in [0.4, 0.5) is 17.3 Å². The lowest BCUT2D eigenvalue weighted by molar-refractivity contribution is -0.112. The van der Waals surface area contributed by atoms with Crippen LogP contribution in [0.15, 0.2) is 57.5 Å². The summed E-state index contributed by atoms with van der Waals surface area (Å²) >= 11 is 0. The van der Waals surface area contributed by atoms with Crippen molar-refractivity contribution in [1.82, 2.24) is 9.97 Å². The van der Waals surface area contributed by atoms with Crippen molar-refractivity contribution in [2.24, 2.45) is 10.1 Å². The number of fused-ring (bicyclic) bond motifs is 1. The van der Waals surface area contributed by atoms with E-state index < -0.39 is 16.0 Å². The molecule has 48 heavy (non-hydrogen) atoms. The van der Waals surface area contributed by atoms with Gasteiger partial charge in [-0.2, -0.15) is 18.5 Å². The van der Waals surface area contributed by atoms with Crippen LogP contribution in [0, 0.1) is 0 Å². The van der Waals surface area contributed by atoms with Gasteiger partial charge in [0.1, 0.15) is 0 Å². The number of benzene rings is 2. The maximum absolute atomic E-state index is 13.7. The molecule has 0 bridgehead atoms. The van der Waals surface area contributed by atoms with Crippen molar-refractivity contribution in [3.63, 3.8) is 0 Å². The zero-order valence-electron chi connectivity index (χ0n) is 29.1. The summed E-state index contributed by atoms with van der Waals surface area (Å²) in [6.45, 7) is 8.30. The monoisotopic (exact) mass is 678 g/mol. The Morgan fingerprint density at radius 3 is 1.90 bits per heavy atom. The van der Waals surface area contributed by atoms with Gasteiger partial charge in [0.25, 0.3) is 10.1 Å². The second kappa shape index (κ2) is 18.8. The number of anilines is 2. The lowest BCUT2D eigenvalue weighted by Gasteiger charge is -2.20. The number of carbonyl (C=O) groups excluding carboxylic acids is 1. The van der Waals surface area contributed by atoms with Crippen molar-refractivity contribution < 1.29 is 17.8 Å². The summed E-state index contributed by atoms with van der Waals surface area (Å²) in [4.78, 5) is 27.9. The Kier molecular flexibility index (Phi) is 14.6. The molecule has 0 spiro atoms. The third-order valence-electron chi connectivity index (χ3n) is 9.06. The molecule has 2 aromatic carbocycles. The minimum absolute atomic E-state index is 0.165. The molecule has 2 heterocycles. The first kappa shape index (κ1) is 37.3. The molecule has 0 unspecified atom stereocenters. The average molecular weight is 679 g/mol. The van der Waals surface area contributed by atoms with Gasteiger partial charge in [0, 0.05) is 18.8 Å². The third-order valence-corrected chi connectivity index (χ3v) is 9.91. The second-order valence-corrected chi connectivity index (χ2v) is 14.1. The minimum Gasteiger partial charge on any atom is -0.372 e. The van der Waals surface area contributed by atoms with Gasteiger partial charge >= 0.3 is 5.91 Å². The van der Waals surface area contributed by atoms with Gasteiger partial charge < -0.3 is 9.88 Å². The molecule has 0 aliphatic carbocycles. The molecule has 1 amide bonds. The van der Waals surface area contributed by atoms with Gasteiger partial charge in [-0.05, 0) is 69.2 Å². The SMILES string of the molecule is CCCCCCCCCCCCCCCCCC1=NN(c2nc3ccc(S(=O)(=O)O)cc3[nH]2)C(=O)/C1=N\c1ccc(N(CC)CC)cc1. The number of hydrazone groups is 1. The fourth-order valence-electron chi connectivity index (χ4n) is 6.22. The quantitative estimate of drug-likeness (QED) is 0.0804. The largest absolute Gasteiger partial charge is 0.372 e. The highest BCUT2D eigenvalue weighted by molar-refractivity contribution is 7.85. The molecular formula is C37H54N6O4S. The number of aromatic amines is 1. The Balaban J connectivity index is 1.35. The van der Waals surface area contributed by atoms with Crippen molar-refractivity contribution in [3.8, 4) is 0 Å². The number of unbranched alkanes of at least 4 members (excludes halogenated alkanes) is 14. The van der Waals surface area contributed by atoms with Crippen molar-refractivity contribution in [2.45, 2.75) is 128 Å². The van der Waals surface area contributed by atoms with E-state index in [2.05, 4.69) is 40.7 Å². The molecule has 0 saturated carbocycles. The number of rotatable bonds is 22. The van der Waals surface area contributed by atoms with E-state index in [1.807, 2.05) is 24.3 Å². The van der Waals surface area contributed by atoms with E-state index in [9.17, 15) is 17.8 Å². The van der Waals surface area contributed by atoms with Crippen LogP contribution >= 0.6 is 0 Å². The highest BCUT2D eigenvalue weighted by Gasteiger charge is 2.34. The number of hydrogen-bond donors (Lipinski definition) is 2. The zero-order valence-corrected chi connectivity index (χ0v) is 29.9. The highest BCUT2D eigenvalue weighted by atomic mass is 32.2. The van der Waals surface area contributed by atoms with E-state index in [1.54, 1.807) is 0 Å². The van der Waals surface area contributed by atoms with Crippen LogP contribution < -0.4 is 9.91 Å². The van der Waals surface area contributed by atoms with Crippen molar-refractivity contribution in [2.75, 3.05) is 23.0 Å². The molecule has 4 rings (SSSR count). The van der Waals surface area contributed by atoms with E-state index in [1.165, 1.54) is 100 Å². The number of carbonyl (C=O) groups is 1. The fourth-order valence-corrected chi connectivity index (χ4v) is 6.72. The first-order valence-electron chi connectivity index (χ1n) is 18.1. The van der Waals surface area contributed by atoms with E-state index in [4.69, 9.17) is 4.99 Å². The standard InChI is InChI=1S/C37H54N6O4S/c1-4-7-8-9-10-11-12-13-14-15-16-17-18-19-20-21-33-35(38-29-22-24-30(25-23-29)42(5-2)6-3)36(44)43(41-33)37-39-32-27-26-31(48(45,46)47)28-34(32)40-37/h22-28H,4-21H2,1-3H3,(H,39,40)(H,45,46,47)/b38-35-. The number of imidazole rings is 1. The molecule has 0 fully saturated rings. The first-order valence-corrected chi connectivity index (χ1v) is 19.5. The van der Waals surface area contributed by atoms with Gasteiger partial charge in [-0.1, -0.05) is 96.8 Å². The molecule has 1 aromatic heterocycles. The van der Waals surface area contributed by atoms with Gasteiger partial charge in [0.15, 0.2) is 5.71 Å². The van der Waals surface area contributed by atoms with Gasteiger partial charge in [-0.3, -0.25) is 9.35 Å². The molecular weight excluding hydrogens is 625 g/mol. The van der Waals surface area contributed by atoms with Crippen LogP contribution in [0.2, 0.25) is 0 Å². The predicted octanol–water partition coefficient (Wildman–Crippen LogP) is 9.39. The van der Waals surface area contributed by atoms with Crippen LogP contribution in [-0.4, -0.2) is 53.4 Å². The molecule has 1 aliphatic rings. The maximum atomic E-state index is 13.7. The molecule has 0 saturated heterocycles. The van der Waals surface area contributed by atoms with Gasteiger partial charge in [-0.25, -0.2) is 9.98 Å². The molecule has 11 heteroatoms. The Morgan fingerprint density at radius 2 is 1.35 bits per heavy atom. The van der Waals surface area contributed by atoms with E-state index in [0.29, 0.717) is 28.9 Å². The van der Waals surface area contributed by atoms with Crippen LogP contribution in [0.3, 0.4) is 0 Å². The fraction of sp³-hybridized carbons (Fsp3) is 0.568. The minimum atomic E-state index is -4.39. The molecule has 10 nitrogen and oxygen atoms in total. The van der Waals surface area contributed by atoms with Crippen LogP contribution in [0.5, 0.6) is 0 Å². The number of aromatic nitrogens is 2. The maximum Gasteiger partial charge on any atom is 0.301 e. The average Bonchev–Trinajstić information content (AvgIpc) is 3.64. The van der Waals surface area contributed by atoms with Crippen molar-refractivity contribution >= 4 is 55.8 Å². The lowest BCUT2D eigenvalue weighted by atomic mass is 10.0. The van der Waals surface area contributed by atoms with Crippen LogP contribution in [0.25, 0.3) is 11.0 Å². The Morgan fingerprint density at radius 1 is 0.792 bits per heavy atom. The van der Waals surface area contributed by atoms with E-state index in [-0.39, 0.29) is 16.6 Å². The Bertz CT molecular complexity index is 1630. The summed E-state index contributed by atoms with van der Waals surface area (Å²) in [5.74, 6) is -0.230.